The van der Waals surface area contributed by atoms with Gasteiger partial charge in [0.25, 0.3) is 0 Å². The van der Waals surface area contributed by atoms with Gasteiger partial charge in [-0.3, -0.25) is 0 Å². The van der Waals surface area contributed by atoms with Gasteiger partial charge in [0, 0.05) is 11.6 Å². The Morgan fingerprint density at radius 3 is 2.93 bits per heavy atom. The third-order valence-corrected chi connectivity index (χ3v) is 2.12. The van der Waals surface area contributed by atoms with Gasteiger partial charge in [-0.05, 0) is 18.2 Å². The number of ether oxygens (including phenoxy) is 1. The highest BCUT2D eigenvalue weighted by Crippen LogP contribution is 2.19. The van der Waals surface area contributed by atoms with Crippen LogP contribution in [-0.2, 0) is 4.74 Å². The summed E-state index contributed by atoms with van der Waals surface area (Å²) in [5.41, 5.74) is 1.05. The van der Waals surface area contributed by atoms with E-state index in [-0.39, 0.29) is 0 Å². The second-order valence-corrected chi connectivity index (χ2v) is 2.89. The van der Waals surface area contributed by atoms with Gasteiger partial charge in [0.1, 0.15) is 0 Å². The Morgan fingerprint density at radius 1 is 1.43 bits per heavy atom. The van der Waals surface area contributed by atoms with Crippen LogP contribution in [0.2, 0.25) is 0 Å². The lowest BCUT2D eigenvalue weighted by atomic mass is 10.1. The first-order chi connectivity index (χ1) is 6.74. The Labute approximate surface area is 80.3 Å². The van der Waals surface area contributed by atoms with Crippen LogP contribution in [0.5, 0.6) is 0 Å². The predicted octanol–water partition coefficient (Wildman–Crippen LogP) is 1.67. The molecule has 0 saturated heterocycles. The van der Waals surface area contributed by atoms with E-state index in [4.69, 9.17) is 0 Å². The first-order valence-corrected chi connectivity index (χ1v) is 4.11. The number of nitrogens with zero attached hydrogens (tertiary/aromatic N) is 1. The summed E-state index contributed by atoms with van der Waals surface area (Å²) < 4.78 is 5.60. The summed E-state index contributed by atoms with van der Waals surface area (Å²) in [6.45, 7) is 0. The summed E-state index contributed by atoms with van der Waals surface area (Å²) in [4.78, 5) is 11.3. The standard InChI is InChI=1S/C10H9NO3/c1-14-10(12)8-3-2-4-9-7(8)5-6-11(9)13/h2-6,13H,1H3. The van der Waals surface area contributed by atoms with Crippen molar-refractivity contribution in [1.82, 2.24) is 4.73 Å². The van der Waals surface area contributed by atoms with Gasteiger partial charge in [-0.25, -0.2) is 4.79 Å². The van der Waals surface area contributed by atoms with Gasteiger partial charge in [-0.2, -0.15) is 4.73 Å². The van der Waals surface area contributed by atoms with Crippen molar-refractivity contribution in [3.63, 3.8) is 0 Å². The van der Waals surface area contributed by atoms with Crippen LogP contribution >= 0.6 is 0 Å². The second-order valence-electron chi connectivity index (χ2n) is 2.89. The van der Waals surface area contributed by atoms with Crippen LogP contribution < -0.4 is 0 Å². The maximum Gasteiger partial charge on any atom is 0.338 e. The molecule has 0 spiro atoms. The molecular weight excluding hydrogens is 182 g/mol. The van der Waals surface area contributed by atoms with Gasteiger partial charge in [0.05, 0.1) is 18.2 Å². The maximum absolute atomic E-state index is 11.3. The number of rotatable bonds is 1. The zero-order valence-electron chi connectivity index (χ0n) is 7.60. The molecule has 4 heteroatoms. The molecule has 0 atom stereocenters. The fourth-order valence-corrected chi connectivity index (χ4v) is 1.44. The normalized spacial score (nSPS) is 10.4. The van der Waals surface area contributed by atoms with E-state index >= 15 is 0 Å². The largest absolute Gasteiger partial charge is 0.465 e. The third kappa shape index (κ3) is 1.12. The van der Waals surface area contributed by atoms with E-state index in [1.54, 1.807) is 24.3 Å². The average Bonchev–Trinajstić information content (AvgIpc) is 2.59. The maximum atomic E-state index is 11.3. The molecule has 4 nitrogen and oxygen atoms in total. The lowest BCUT2D eigenvalue weighted by Gasteiger charge is -2.00. The molecule has 2 aromatic rings. The number of benzene rings is 1. The minimum atomic E-state index is -0.401. The molecule has 0 saturated carbocycles. The fourth-order valence-electron chi connectivity index (χ4n) is 1.44. The molecule has 14 heavy (non-hydrogen) atoms. The second kappa shape index (κ2) is 3.06. The van der Waals surface area contributed by atoms with Gasteiger partial charge in [-0.1, -0.05) is 6.07 Å². The van der Waals surface area contributed by atoms with Gasteiger partial charge >= 0.3 is 5.97 Å². The molecule has 0 radical (unpaired) electrons. The first kappa shape index (κ1) is 8.62. The topological polar surface area (TPSA) is 51.5 Å². The van der Waals surface area contributed by atoms with E-state index in [9.17, 15) is 10.0 Å². The van der Waals surface area contributed by atoms with Crippen molar-refractivity contribution in [2.75, 3.05) is 7.11 Å². The summed E-state index contributed by atoms with van der Waals surface area (Å²) in [6.07, 6.45) is 1.48. The van der Waals surface area contributed by atoms with E-state index in [0.29, 0.717) is 16.5 Å². The van der Waals surface area contributed by atoms with E-state index < -0.39 is 5.97 Å². The van der Waals surface area contributed by atoms with Crippen LogP contribution in [-0.4, -0.2) is 23.0 Å². The molecule has 0 fully saturated rings. The monoisotopic (exact) mass is 191 g/mol. The first-order valence-electron chi connectivity index (χ1n) is 4.11. The molecule has 0 amide bonds. The summed E-state index contributed by atoms with van der Waals surface area (Å²) in [5, 5.41) is 10.0. The molecule has 72 valence electrons. The number of carbonyl (C=O) groups is 1. The Bertz CT molecular complexity index is 487. The van der Waals surface area contributed by atoms with Crippen molar-refractivity contribution in [3.8, 4) is 0 Å². The van der Waals surface area contributed by atoms with Crippen LogP contribution in [0, 0.1) is 0 Å². The quantitative estimate of drug-likeness (QED) is 0.551. The Hall–Kier alpha value is -1.97. The highest BCUT2D eigenvalue weighted by Gasteiger charge is 2.11. The minimum absolute atomic E-state index is 0.401. The number of hydrogen-bond donors (Lipinski definition) is 1. The van der Waals surface area contributed by atoms with Crippen molar-refractivity contribution in [1.29, 1.82) is 0 Å². The summed E-state index contributed by atoms with van der Waals surface area (Å²) in [6, 6.07) is 6.75. The summed E-state index contributed by atoms with van der Waals surface area (Å²) >= 11 is 0. The molecule has 2 rings (SSSR count). The molecule has 1 N–H and O–H groups in total. The zero-order chi connectivity index (χ0) is 10.1. The van der Waals surface area contributed by atoms with Crippen LogP contribution in [0.25, 0.3) is 10.9 Å². The van der Waals surface area contributed by atoms with Gasteiger partial charge in [0.2, 0.25) is 0 Å². The molecule has 1 heterocycles. The number of carbonyl (C=O) groups excluding carboxylic acids is 1. The zero-order valence-corrected chi connectivity index (χ0v) is 7.60. The van der Waals surface area contributed by atoms with E-state index in [1.165, 1.54) is 13.3 Å². The average molecular weight is 191 g/mol. The van der Waals surface area contributed by atoms with E-state index in [1.807, 2.05) is 0 Å². The van der Waals surface area contributed by atoms with Crippen LogP contribution in [0.3, 0.4) is 0 Å². The third-order valence-electron chi connectivity index (χ3n) is 2.12. The highest BCUT2D eigenvalue weighted by molar-refractivity contribution is 6.03. The molecule has 0 aliphatic carbocycles. The van der Waals surface area contributed by atoms with Crippen molar-refractivity contribution in [2.24, 2.45) is 0 Å². The summed E-state index contributed by atoms with van der Waals surface area (Å²) in [7, 11) is 1.33. The number of aromatic nitrogens is 1. The van der Waals surface area contributed by atoms with Gasteiger partial charge in [0.15, 0.2) is 0 Å². The van der Waals surface area contributed by atoms with Crippen molar-refractivity contribution in [3.05, 3.63) is 36.0 Å². The summed E-state index contributed by atoms with van der Waals surface area (Å²) in [5.74, 6) is -0.401. The van der Waals surface area contributed by atoms with Crippen LogP contribution in [0.1, 0.15) is 10.4 Å². The molecular formula is C10H9NO3. The number of fused-ring (bicyclic) bond motifs is 1. The van der Waals surface area contributed by atoms with Gasteiger partial charge < -0.3 is 9.94 Å². The number of hydrogen-bond acceptors (Lipinski definition) is 3. The number of methoxy groups -OCH3 is 1. The highest BCUT2D eigenvalue weighted by atomic mass is 16.5. The van der Waals surface area contributed by atoms with E-state index in [2.05, 4.69) is 4.74 Å². The van der Waals surface area contributed by atoms with Crippen molar-refractivity contribution in [2.45, 2.75) is 0 Å². The molecule has 1 aromatic heterocycles. The number of esters is 1. The van der Waals surface area contributed by atoms with Gasteiger partial charge in [-0.15, -0.1) is 0 Å². The molecule has 0 aliphatic heterocycles. The molecule has 0 aliphatic rings. The van der Waals surface area contributed by atoms with Crippen LogP contribution in [0.4, 0.5) is 0 Å². The smallest absolute Gasteiger partial charge is 0.338 e. The lowest BCUT2D eigenvalue weighted by Crippen LogP contribution is -2.01. The molecule has 0 bridgehead atoms. The lowest BCUT2D eigenvalue weighted by molar-refractivity contribution is 0.0603. The molecule has 0 unspecified atom stereocenters. The molecule has 1 aromatic carbocycles. The van der Waals surface area contributed by atoms with E-state index in [0.717, 1.165) is 4.73 Å². The Morgan fingerprint density at radius 2 is 2.21 bits per heavy atom. The Kier molecular flexibility index (Phi) is 1.89. The SMILES string of the molecule is COC(=O)c1cccc2c1ccn2O. The van der Waals surface area contributed by atoms with Crippen molar-refractivity contribution < 1.29 is 14.7 Å². The Balaban J connectivity index is 2.71. The predicted molar refractivity (Wildman–Crippen MR) is 50.5 cm³/mol. The van der Waals surface area contributed by atoms with Crippen LogP contribution in [0.15, 0.2) is 30.5 Å². The fraction of sp³-hybridized carbons (Fsp3) is 0.100. The minimum Gasteiger partial charge on any atom is -0.465 e. The van der Waals surface area contributed by atoms with Crippen molar-refractivity contribution >= 4 is 16.9 Å².